The van der Waals surface area contributed by atoms with Gasteiger partial charge in [0, 0.05) is 6.54 Å². The third-order valence-corrected chi connectivity index (χ3v) is 5.21. The summed E-state index contributed by atoms with van der Waals surface area (Å²) in [5.74, 6) is -0.396. The average molecular weight is 353 g/mol. The maximum atomic E-state index is 12.9. The van der Waals surface area contributed by atoms with E-state index in [1.165, 1.54) is 12.1 Å². The van der Waals surface area contributed by atoms with Crippen LogP contribution in [0.25, 0.3) is 0 Å². The molecule has 0 aliphatic rings. The van der Waals surface area contributed by atoms with Gasteiger partial charge in [0.2, 0.25) is 5.91 Å². The van der Waals surface area contributed by atoms with Gasteiger partial charge >= 0.3 is 0 Å². The molecule has 2 aromatic carbocycles. The zero-order chi connectivity index (χ0) is 16.9. The minimum absolute atomic E-state index is 0.101. The molecular weight excluding hydrogens is 336 g/mol. The van der Waals surface area contributed by atoms with E-state index < -0.39 is 15.9 Å². The van der Waals surface area contributed by atoms with Gasteiger partial charge in [0.1, 0.15) is 6.54 Å². The van der Waals surface area contributed by atoms with E-state index in [1.807, 2.05) is 0 Å². The van der Waals surface area contributed by atoms with Crippen LogP contribution in [0, 0.1) is 0 Å². The lowest BCUT2D eigenvalue weighted by atomic mass is 10.3. The van der Waals surface area contributed by atoms with Crippen molar-refractivity contribution in [3.63, 3.8) is 0 Å². The quantitative estimate of drug-likeness (QED) is 0.869. The van der Waals surface area contributed by atoms with Gasteiger partial charge in [0.15, 0.2) is 0 Å². The number of hydrogen-bond donors (Lipinski definition) is 1. The van der Waals surface area contributed by atoms with Crippen molar-refractivity contribution >= 4 is 33.2 Å². The molecule has 0 saturated heterocycles. The predicted octanol–water partition coefficient (Wildman–Crippen LogP) is 2.67. The van der Waals surface area contributed by atoms with Gasteiger partial charge in [0.25, 0.3) is 10.0 Å². The zero-order valence-corrected chi connectivity index (χ0v) is 14.1. The summed E-state index contributed by atoms with van der Waals surface area (Å²) in [6.45, 7) is 1.85. The van der Waals surface area contributed by atoms with E-state index in [2.05, 4.69) is 5.32 Å². The Bertz CT molecular complexity index is 779. The lowest BCUT2D eigenvalue weighted by Crippen LogP contribution is -2.41. The molecule has 2 rings (SSSR count). The summed E-state index contributed by atoms with van der Waals surface area (Å²) in [6, 6.07) is 14.5. The molecule has 0 aliphatic heterocycles. The molecule has 0 heterocycles. The molecule has 0 saturated carbocycles. The molecule has 7 heteroatoms. The summed E-state index contributed by atoms with van der Waals surface area (Å²) in [5, 5.41) is 2.86. The van der Waals surface area contributed by atoms with Crippen molar-refractivity contribution < 1.29 is 13.2 Å². The average Bonchev–Trinajstić information content (AvgIpc) is 2.54. The number of rotatable bonds is 6. The molecular formula is C16H17ClN2O3S. The third-order valence-electron chi connectivity index (χ3n) is 3.11. The van der Waals surface area contributed by atoms with Gasteiger partial charge in [-0.1, -0.05) is 41.9 Å². The second-order valence-corrected chi connectivity index (χ2v) is 7.00. The van der Waals surface area contributed by atoms with Crippen LogP contribution in [0.2, 0.25) is 5.02 Å². The Kier molecular flexibility index (Phi) is 5.63. The predicted molar refractivity (Wildman–Crippen MR) is 91.1 cm³/mol. The number of hydrogen-bond acceptors (Lipinski definition) is 3. The third kappa shape index (κ3) is 4.03. The molecule has 0 aliphatic carbocycles. The van der Waals surface area contributed by atoms with Crippen molar-refractivity contribution in [3.8, 4) is 0 Å². The largest absolute Gasteiger partial charge is 0.355 e. The number of sulfonamides is 1. The second kappa shape index (κ2) is 7.48. The standard InChI is InChI=1S/C16H17ClN2O3S/c1-2-18-16(20)12-19(15-11-7-6-10-14(15)17)23(21,22)13-8-4-3-5-9-13/h3-11H,2,12H2,1H3,(H,18,20). The number of para-hydroxylation sites is 1. The molecule has 2 aromatic rings. The Labute approximate surface area is 140 Å². The normalized spacial score (nSPS) is 11.0. The number of halogens is 1. The van der Waals surface area contributed by atoms with Gasteiger partial charge in [0.05, 0.1) is 15.6 Å². The highest BCUT2D eigenvalue weighted by Gasteiger charge is 2.28. The smallest absolute Gasteiger partial charge is 0.264 e. The number of nitrogens with zero attached hydrogens (tertiary/aromatic N) is 1. The van der Waals surface area contributed by atoms with Crippen molar-refractivity contribution in [1.82, 2.24) is 5.32 Å². The van der Waals surface area contributed by atoms with E-state index in [0.717, 1.165) is 4.31 Å². The molecule has 0 unspecified atom stereocenters. The van der Waals surface area contributed by atoms with E-state index in [9.17, 15) is 13.2 Å². The first-order valence-corrected chi connectivity index (χ1v) is 8.87. The van der Waals surface area contributed by atoms with Gasteiger partial charge in [-0.15, -0.1) is 0 Å². The van der Waals surface area contributed by atoms with Crippen LogP contribution in [0.1, 0.15) is 6.92 Å². The number of likely N-dealkylation sites (N-methyl/N-ethyl adjacent to an activating group) is 1. The Morgan fingerprint density at radius 3 is 2.30 bits per heavy atom. The molecule has 0 radical (unpaired) electrons. The summed E-state index contributed by atoms with van der Waals surface area (Å²) >= 11 is 6.14. The summed E-state index contributed by atoms with van der Waals surface area (Å²) in [5.41, 5.74) is 0.268. The fraction of sp³-hybridized carbons (Fsp3) is 0.188. The first kappa shape index (κ1) is 17.3. The number of amides is 1. The lowest BCUT2D eigenvalue weighted by Gasteiger charge is -2.24. The van der Waals surface area contributed by atoms with Crippen LogP contribution in [-0.2, 0) is 14.8 Å². The Balaban J connectivity index is 2.50. The first-order valence-electron chi connectivity index (χ1n) is 7.06. The number of carbonyl (C=O) groups is 1. The van der Waals surface area contributed by atoms with Crippen molar-refractivity contribution in [3.05, 3.63) is 59.6 Å². The highest BCUT2D eigenvalue weighted by molar-refractivity contribution is 7.92. The highest BCUT2D eigenvalue weighted by atomic mass is 35.5. The van der Waals surface area contributed by atoms with E-state index in [-0.39, 0.29) is 22.2 Å². The first-order chi connectivity index (χ1) is 11.0. The van der Waals surface area contributed by atoms with Crippen molar-refractivity contribution in [2.24, 2.45) is 0 Å². The van der Waals surface area contributed by atoms with E-state index in [1.54, 1.807) is 49.4 Å². The number of anilines is 1. The summed E-state index contributed by atoms with van der Waals surface area (Å²) in [7, 11) is -3.90. The second-order valence-electron chi connectivity index (χ2n) is 4.73. The minimum atomic E-state index is -3.90. The van der Waals surface area contributed by atoms with Crippen LogP contribution in [0.3, 0.4) is 0 Å². The lowest BCUT2D eigenvalue weighted by molar-refractivity contribution is -0.119. The SMILES string of the molecule is CCNC(=O)CN(c1ccccc1Cl)S(=O)(=O)c1ccccc1. The molecule has 5 nitrogen and oxygen atoms in total. The molecule has 122 valence electrons. The van der Waals surface area contributed by atoms with Crippen LogP contribution in [-0.4, -0.2) is 27.4 Å². The molecule has 1 amide bonds. The molecule has 0 bridgehead atoms. The van der Waals surface area contributed by atoms with Gasteiger partial charge in [-0.25, -0.2) is 8.42 Å². The van der Waals surface area contributed by atoms with Crippen LogP contribution in [0.5, 0.6) is 0 Å². The summed E-state index contributed by atoms with van der Waals surface area (Å²) < 4.78 is 26.8. The zero-order valence-electron chi connectivity index (χ0n) is 12.6. The van der Waals surface area contributed by atoms with E-state index >= 15 is 0 Å². The topological polar surface area (TPSA) is 66.5 Å². The van der Waals surface area contributed by atoms with Crippen LogP contribution in [0.15, 0.2) is 59.5 Å². The van der Waals surface area contributed by atoms with Crippen LogP contribution in [0.4, 0.5) is 5.69 Å². The van der Waals surface area contributed by atoms with Crippen molar-refractivity contribution in [2.75, 3.05) is 17.4 Å². The Hall–Kier alpha value is -2.05. The fourth-order valence-electron chi connectivity index (χ4n) is 2.06. The molecule has 0 spiro atoms. The maximum Gasteiger partial charge on any atom is 0.264 e. The van der Waals surface area contributed by atoms with Gasteiger partial charge in [-0.05, 0) is 31.2 Å². The van der Waals surface area contributed by atoms with Crippen molar-refractivity contribution in [1.29, 1.82) is 0 Å². The number of carbonyl (C=O) groups excluding carboxylic acids is 1. The molecule has 0 atom stereocenters. The van der Waals surface area contributed by atoms with E-state index in [4.69, 9.17) is 11.6 Å². The monoisotopic (exact) mass is 352 g/mol. The number of nitrogens with one attached hydrogen (secondary N) is 1. The molecule has 0 fully saturated rings. The summed E-state index contributed by atoms with van der Waals surface area (Å²) in [4.78, 5) is 12.1. The molecule has 0 aromatic heterocycles. The van der Waals surface area contributed by atoms with Gasteiger partial charge in [-0.2, -0.15) is 0 Å². The number of benzene rings is 2. The highest BCUT2D eigenvalue weighted by Crippen LogP contribution is 2.30. The molecule has 1 N–H and O–H groups in total. The fourth-order valence-corrected chi connectivity index (χ4v) is 3.81. The summed E-state index contributed by atoms with van der Waals surface area (Å²) in [6.07, 6.45) is 0. The van der Waals surface area contributed by atoms with Crippen molar-refractivity contribution in [2.45, 2.75) is 11.8 Å². The van der Waals surface area contributed by atoms with Crippen LogP contribution >= 0.6 is 11.6 Å². The van der Waals surface area contributed by atoms with Gasteiger partial charge in [-0.3, -0.25) is 9.10 Å². The van der Waals surface area contributed by atoms with Crippen LogP contribution < -0.4 is 9.62 Å². The molecule has 23 heavy (non-hydrogen) atoms. The van der Waals surface area contributed by atoms with Gasteiger partial charge < -0.3 is 5.32 Å². The Morgan fingerprint density at radius 2 is 1.70 bits per heavy atom. The maximum absolute atomic E-state index is 12.9. The minimum Gasteiger partial charge on any atom is -0.355 e. The van der Waals surface area contributed by atoms with E-state index in [0.29, 0.717) is 6.54 Å². The Morgan fingerprint density at radius 1 is 1.09 bits per heavy atom.